The second-order valence-electron chi connectivity index (χ2n) is 13.5. The summed E-state index contributed by atoms with van der Waals surface area (Å²) in [5, 5.41) is 18.9. The number of carbonyl (C=O) groups is 5. The molecular weight excluding hydrogens is 602 g/mol. The SMILES string of the molecule is CC(C)(C)NC(=O)N[C@H]1CCCCC/C=C\[C@@H]2C[C@@]2(C(=O)O)NC(=O)[C@@H]2C[C@@H](OC(=O)N3Cc4cccc(Cl)c4C3)CN2C1=O. The fourth-order valence-electron chi connectivity index (χ4n) is 6.41. The Morgan fingerprint density at radius 2 is 1.91 bits per heavy atom. The number of rotatable bonds is 3. The van der Waals surface area contributed by atoms with Crippen LogP contribution < -0.4 is 16.0 Å². The first-order valence-corrected chi connectivity index (χ1v) is 16.0. The molecule has 13 heteroatoms. The molecule has 4 N–H and O–H groups in total. The number of nitrogens with one attached hydrogen (secondary N) is 3. The van der Waals surface area contributed by atoms with Gasteiger partial charge in [-0.05, 0) is 63.6 Å². The van der Waals surface area contributed by atoms with Gasteiger partial charge in [-0.25, -0.2) is 14.4 Å². The molecule has 1 saturated heterocycles. The van der Waals surface area contributed by atoms with Crippen LogP contribution in [0.25, 0.3) is 0 Å². The number of carbonyl (C=O) groups excluding carboxylic acids is 4. The highest BCUT2D eigenvalue weighted by Crippen LogP contribution is 2.45. The fourth-order valence-corrected chi connectivity index (χ4v) is 6.66. The largest absolute Gasteiger partial charge is 0.479 e. The van der Waals surface area contributed by atoms with Crippen LogP contribution in [-0.4, -0.2) is 80.6 Å². The van der Waals surface area contributed by atoms with Gasteiger partial charge in [0.2, 0.25) is 11.8 Å². The zero-order chi connectivity index (χ0) is 32.5. The van der Waals surface area contributed by atoms with E-state index in [4.69, 9.17) is 16.3 Å². The van der Waals surface area contributed by atoms with Crippen LogP contribution in [0.15, 0.2) is 30.4 Å². The van der Waals surface area contributed by atoms with Crippen molar-refractivity contribution in [3.05, 3.63) is 46.5 Å². The Kier molecular flexibility index (Phi) is 9.34. The van der Waals surface area contributed by atoms with Gasteiger partial charge in [0.05, 0.1) is 13.1 Å². The highest BCUT2D eigenvalue weighted by atomic mass is 35.5. The molecule has 3 aliphatic heterocycles. The second kappa shape index (κ2) is 12.9. The molecule has 1 saturated carbocycles. The molecule has 4 aliphatic rings. The van der Waals surface area contributed by atoms with Crippen LogP contribution in [0, 0.1) is 5.92 Å². The van der Waals surface area contributed by atoms with E-state index in [2.05, 4.69) is 16.0 Å². The number of amides is 5. The topological polar surface area (TPSA) is 157 Å². The number of carboxylic acids is 1. The highest BCUT2D eigenvalue weighted by molar-refractivity contribution is 6.31. The molecule has 1 aromatic carbocycles. The van der Waals surface area contributed by atoms with Crippen LogP contribution in [0.2, 0.25) is 5.02 Å². The summed E-state index contributed by atoms with van der Waals surface area (Å²) in [4.78, 5) is 69.1. The van der Waals surface area contributed by atoms with Crippen molar-refractivity contribution in [2.45, 2.75) is 108 Å². The summed E-state index contributed by atoms with van der Waals surface area (Å²) in [6, 6.07) is 2.93. The van der Waals surface area contributed by atoms with E-state index in [1.165, 1.54) is 9.80 Å². The third-order valence-corrected chi connectivity index (χ3v) is 9.22. The molecule has 5 amide bonds. The first-order valence-electron chi connectivity index (χ1n) is 15.6. The van der Waals surface area contributed by atoms with E-state index in [0.717, 1.165) is 30.4 Å². The standard InChI is InChI=1S/C32H42ClN5O7/c1-31(2,3)36-29(43)34-24-13-8-6-4-5-7-11-20-15-32(20,28(41)42)35-26(39)25-14-21(17-38(25)27(24)40)45-30(44)37-16-19-10-9-12-23(33)22(19)18-37/h7,9-12,20-21,24-25H,4-6,8,13-18H2,1-3H3,(H,35,39)(H,41,42)(H2,34,36,43)/b11-7-/t20-,21-,24+,25+,32-/m1/s1. The molecule has 5 atom stereocenters. The Hall–Kier alpha value is -3.80. The lowest BCUT2D eigenvalue weighted by Gasteiger charge is -2.30. The Bertz CT molecular complexity index is 1390. The number of ether oxygens (including phenoxy) is 1. The number of benzene rings is 1. The Labute approximate surface area is 267 Å². The van der Waals surface area contributed by atoms with Gasteiger partial charge in [0.25, 0.3) is 0 Å². The molecule has 1 aliphatic carbocycles. The molecule has 1 aromatic rings. The van der Waals surface area contributed by atoms with Crippen LogP contribution in [-0.2, 0) is 32.2 Å². The van der Waals surface area contributed by atoms with Gasteiger partial charge in [0, 0.05) is 29.4 Å². The second-order valence-corrected chi connectivity index (χ2v) is 13.9. The molecule has 2 fully saturated rings. The third-order valence-electron chi connectivity index (χ3n) is 8.87. The van der Waals surface area contributed by atoms with Crippen molar-refractivity contribution in [3.63, 3.8) is 0 Å². The number of halogens is 1. The van der Waals surface area contributed by atoms with Crippen molar-refractivity contribution in [2.75, 3.05) is 6.54 Å². The predicted molar refractivity (Wildman–Crippen MR) is 165 cm³/mol. The average Bonchev–Trinajstić information content (AvgIpc) is 3.27. The zero-order valence-electron chi connectivity index (χ0n) is 25.9. The van der Waals surface area contributed by atoms with Crippen LogP contribution in [0.5, 0.6) is 0 Å². The summed E-state index contributed by atoms with van der Waals surface area (Å²) in [7, 11) is 0. The van der Waals surface area contributed by atoms with Crippen LogP contribution >= 0.6 is 11.6 Å². The van der Waals surface area contributed by atoms with E-state index in [1.54, 1.807) is 6.07 Å². The van der Waals surface area contributed by atoms with Crippen molar-refractivity contribution in [1.82, 2.24) is 25.8 Å². The van der Waals surface area contributed by atoms with Crippen molar-refractivity contribution < 1.29 is 33.8 Å². The van der Waals surface area contributed by atoms with Crippen LogP contribution in [0.3, 0.4) is 0 Å². The lowest BCUT2D eigenvalue weighted by molar-refractivity contribution is -0.145. The molecule has 0 unspecified atom stereocenters. The summed E-state index contributed by atoms with van der Waals surface area (Å²) < 4.78 is 5.84. The maximum atomic E-state index is 14.1. The summed E-state index contributed by atoms with van der Waals surface area (Å²) in [5.74, 6) is -2.61. The maximum absolute atomic E-state index is 14.1. The van der Waals surface area contributed by atoms with E-state index >= 15 is 0 Å². The average molecular weight is 644 g/mol. The minimum Gasteiger partial charge on any atom is -0.479 e. The van der Waals surface area contributed by atoms with E-state index in [9.17, 15) is 29.1 Å². The number of allylic oxidation sites excluding steroid dienone is 1. The number of urea groups is 1. The number of hydrogen-bond acceptors (Lipinski definition) is 6. The van der Waals surface area contributed by atoms with Crippen molar-refractivity contribution >= 4 is 41.5 Å². The molecule has 244 valence electrons. The first kappa shape index (κ1) is 32.6. The molecular formula is C32H42ClN5O7. The summed E-state index contributed by atoms with van der Waals surface area (Å²) in [6.45, 7) is 6.00. The fraction of sp³-hybridized carbons (Fsp3) is 0.594. The quantitative estimate of drug-likeness (QED) is 0.366. The van der Waals surface area contributed by atoms with Crippen molar-refractivity contribution in [2.24, 2.45) is 5.92 Å². The summed E-state index contributed by atoms with van der Waals surface area (Å²) in [6.07, 6.45) is 5.99. The molecule has 0 radical (unpaired) electrons. The van der Waals surface area contributed by atoms with E-state index < -0.39 is 59.2 Å². The van der Waals surface area contributed by atoms with Gasteiger partial charge in [-0.2, -0.15) is 0 Å². The van der Waals surface area contributed by atoms with Gasteiger partial charge in [0.1, 0.15) is 23.7 Å². The highest BCUT2D eigenvalue weighted by Gasteiger charge is 2.61. The third kappa shape index (κ3) is 7.37. The maximum Gasteiger partial charge on any atom is 0.410 e. The normalized spacial score (nSPS) is 29.2. The minimum atomic E-state index is -1.46. The first-order chi connectivity index (χ1) is 21.3. The van der Waals surface area contributed by atoms with E-state index in [1.807, 2.05) is 45.1 Å². The number of hydrogen-bond donors (Lipinski definition) is 4. The molecule has 45 heavy (non-hydrogen) atoms. The van der Waals surface area contributed by atoms with Gasteiger partial charge in [-0.3, -0.25) is 14.5 Å². The number of carboxylic acid groups (broad SMARTS) is 1. The predicted octanol–water partition coefficient (Wildman–Crippen LogP) is 3.71. The van der Waals surface area contributed by atoms with Crippen molar-refractivity contribution in [3.8, 4) is 0 Å². The molecule has 12 nitrogen and oxygen atoms in total. The lowest BCUT2D eigenvalue weighted by Crippen LogP contribution is -2.58. The van der Waals surface area contributed by atoms with E-state index in [-0.39, 0.29) is 31.8 Å². The molecule has 3 heterocycles. The Morgan fingerprint density at radius 1 is 1.13 bits per heavy atom. The monoisotopic (exact) mass is 643 g/mol. The van der Waals surface area contributed by atoms with Crippen LogP contribution in [0.1, 0.15) is 76.8 Å². The van der Waals surface area contributed by atoms with Gasteiger partial charge in [-0.1, -0.05) is 48.7 Å². The zero-order valence-corrected chi connectivity index (χ0v) is 26.7. The van der Waals surface area contributed by atoms with Gasteiger partial charge >= 0.3 is 18.1 Å². The number of fused-ring (bicyclic) bond motifs is 3. The number of nitrogens with zero attached hydrogens (tertiary/aromatic N) is 2. The van der Waals surface area contributed by atoms with Gasteiger partial charge in [0.15, 0.2) is 0 Å². The molecule has 0 aromatic heterocycles. The lowest BCUT2D eigenvalue weighted by atomic mass is 10.0. The Balaban J connectivity index is 1.37. The summed E-state index contributed by atoms with van der Waals surface area (Å²) in [5.41, 5.74) is -0.232. The van der Waals surface area contributed by atoms with Gasteiger partial charge < -0.3 is 30.7 Å². The Morgan fingerprint density at radius 3 is 2.62 bits per heavy atom. The molecule has 0 spiro atoms. The minimum absolute atomic E-state index is 0.0119. The van der Waals surface area contributed by atoms with Crippen molar-refractivity contribution in [1.29, 1.82) is 0 Å². The van der Waals surface area contributed by atoms with Crippen LogP contribution in [0.4, 0.5) is 9.59 Å². The van der Waals surface area contributed by atoms with E-state index in [0.29, 0.717) is 24.4 Å². The number of aliphatic carboxylic acids is 1. The smallest absolute Gasteiger partial charge is 0.410 e. The summed E-state index contributed by atoms with van der Waals surface area (Å²) >= 11 is 6.32. The molecule has 0 bridgehead atoms. The van der Waals surface area contributed by atoms with Gasteiger partial charge in [-0.15, -0.1) is 0 Å². The molecule has 5 rings (SSSR count).